The van der Waals surface area contributed by atoms with Crippen molar-refractivity contribution in [2.45, 2.75) is 64.0 Å². The van der Waals surface area contributed by atoms with Crippen LogP contribution < -0.4 is 10.6 Å². The molecule has 0 aromatic heterocycles. The lowest BCUT2D eigenvalue weighted by atomic mass is 9.74. The van der Waals surface area contributed by atoms with E-state index < -0.39 is 0 Å². The first-order valence-electron chi connectivity index (χ1n) is 6.70. The molecule has 16 heavy (non-hydrogen) atoms. The highest BCUT2D eigenvalue weighted by Crippen LogP contribution is 2.35. The van der Waals surface area contributed by atoms with Gasteiger partial charge in [-0.1, -0.05) is 6.92 Å². The Kier molecular flexibility index (Phi) is 3.53. The zero-order valence-electron chi connectivity index (χ0n) is 10.5. The number of hydrogen-bond donors (Lipinski definition) is 2. The van der Waals surface area contributed by atoms with E-state index in [0.717, 1.165) is 25.8 Å². The van der Waals surface area contributed by atoms with Gasteiger partial charge in [-0.25, -0.2) is 0 Å². The summed E-state index contributed by atoms with van der Waals surface area (Å²) in [4.78, 5) is 12.2. The monoisotopic (exact) mass is 224 g/mol. The predicted molar refractivity (Wildman–Crippen MR) is 65.2 cm³/mol. The van der Waals surface area contributed by atoms with Gasteiger partial charge in [-0.05, 0) is 52.0 Å². The van der Waals surface area contributed by atoms with Crippen LogP contribution in [0.4, 0.5) is 0 Å². The van der Waals surface area contributed by atoms with Crippen LogP contribution in [0.1, 0.15) is 52.4 Å². The Balaban J connectivity index is 1.87. The van der Waals surface area contributed by atoms with Gasteiger partial charge < -0.3 is 10.6 Å². The van der Waals surface area contributed by atoms with E-state index in [2.05, 4.69) is 24.5 Å². The number of rotatable bonds is 3. The van der Waals surface area contributed by atoms with Gasteiger partial charge in [-0.3, -0.25) is 4.79 Å². The Bertz CT molecular complexity index is 255. The molecule has 92 valence electrons. The first kappa shape index (κ1) is 11.9. The van der Waals surface area contributed by atoms with Gasteiger partial charge in [0.05, 0.1) is 0 Å². The van der Waals surface area contributed by atoms with Gasteiger partial charge in [-0.15, -0.1) is 0 Å². The van der Waals surface area contributed by atoms with Crippen molar-refractivity contribution in [3.05, 3.63) is 0 Å². The fraction of sp³-hybridized carbons (Fsp3) is 0.923. The number of amides is 1. The van der Waals surface area contributed by atoms with Gasteiger partial charge in [0, 0.05) is 17.5 Å². The lowest BCUT2D eigenvalue weighted by Gasteiger charge is -2.43. The largest absolute Gasteiger partial charge is 0.350 e. The van der Waals surface area contributed by atoms with Crippen LogP contribution in [0.2, 0.25) is 0 Å². The fourth-order valence-corrected chi connectivity index (χ4v) is 2.90. The number of piperidine rings is 1. The summed E-state index contributed by atoms with van der Waals surface area (Å²) in [6.45, 7) is 5.33. The topological polar surface area (TPSA) is 41.1 Å². The van der Waals surface area contributed by atoms with E-state index in [0.29, 0.717) is 11.9 Å². The third-order valence-electron chi connectivity index (χ3n) is 4.37. The zero-order chi connectivity index (χ0) is 11.6. The minimum atomic E-state index is 0.158. The van der Waals surface area contributed by atoms with Crippen LogP contribution in [0.3, 0.4) is 0 Å². The van der Waals surface area contributed by atoms with E-state index in [9.17, 15) is 4.79 Å². The van der Waals surface area contributed by atoms with E-state index in [1.165, 1.54) is 19.3 Å². The molecule has 1 aliphatic carbocycles. The molecule has 0 aromatic rings. The van der Waals surface area contributed by atoms with E-state index in [1.54, 1.807) is 0 Å². The van der Waals surface area contributed by atoms with Gasteiger partial charge in [0.25, 0.3) is 0 Å². The molecule has 2 aliphatic rings. The third kappa shape index (κ3) is 2.40. The van der Waals surface area contributed by atoms with Crippen LogP contribution in [0.25, 0.3) is 0 Å². The molecule has 2 rings (SSSR count). The van der Waals surface area contributed by atoms with Crippen molar-refractivity contribution in [3.8, 4) is 0 Å². The summed E-state index contributed by atoms with van der Waals surface area (Å²) in [6.07, 6.45) is 6.70. The highest BCUT2D eigenvalue weighted by Gasteiger charge is 2.38. The van der Waals surface area contributed by atoms with E-state index >= 15 is 0 Å². The summed E-state index contributed by atoms with van der Waals surface area (Å²) in [7, 11) is 0. The van der Waals surface area contributed by atoms with Gasteiger partial charge in [0.15, 0.2) is 0 Å². The average Bonchev–Trinajstić information content (AvgIpc) is 2.23. The van der Waals surface area contributed by atoms with Gasteiger partial charge >= 0.3 is 0 Å². The molecular weight excluding hydrogens is 200 g/mol. The molecule has 2 N–H and O–H groups in total. The van der Waals surface area contributed by atoms with E-state index in [1.807, 2.05) is 0 Å². The molecule has 1 aliphatic heterocycles. The SMILES string of the molecule is CCC1(NC(=O)C2CCNC(C)C2)CCC1. The quantitative estimate of drug-likeness (QED) is 0.768. The minimum absolute atomic E-state index is 0.158. The molecule has 3 nitrogen and oxygen atoms in total. The van der Waals surface area contributed by atoms with Crippen LogP contribution in [0, 0.1) is 5.92 Å². The predicted octanol–water partition coefficient (Wildman–Crippen LogP) is 1.82. The van der Waals surface area contributed by atoms with Crippen molar-refractivity contribution >= 4 is 5.91 Å². The summed E-state index contributed by atoms with van der Waals surface area (Å²) in [5, 5.41) is 6.69. The van der Waals surface area contributed by atoms with Crippen molar-refractivity contribution in [2.24, 2.45) is 5.92 Å². The second-order valence-corrected chi connectivity index (χ2v) is 5.55. The first-order chi connectivity index (χ1) is 7.65. The maximum atomic E-state index is 12.2. The summed E-state index contributed by atoms with van der Waals surface area (Å²) >= 11 is 0. The normalized spacial score (nSPS) is 32.9. The Labute approximate surface area is 98.4 Å². The molecule has 3 heteroatoms. The smallest absolute Gasteiger partial charge is 0.223 e. The molecule has 0 bridgehead atoms. The van der Waals surface area contributed by atoms with Gasteiger partial charge in [0.2, 0.25) is 5.91 Å². The Morgan fingerprint density at radius 1 is 1.50 bits per heavy atom. The van der Waals surface area contributed by atoms with Crippen LogP contribution in [-0.4, -0.2) is 24.0 Å². The fourth-order valence-electron chi connectivity index (χ4n) is 2.90. The first-order valence-corrected chi connectivity index (χ1v) is 6.70. The second kappa shape index (κ2) is 4.74. The van der Waals surface area contributed by atoms with Crippen LogP contribution in [0.15, 0.2) is 0 Å². The van der Waals surface area contributed by atoms with E-state index in [4.69, 9.17) is 0 Å². The molecule has 1 saturated heterocycles. The number of nitrogens with one attached hydrogen (secondary N) is 2. The highest BCUT2D eigenvalue weighted by atomic mass is 16.2. The molecule has 0 radical (unpaired) electrons. The Morgan fingerprint density at radius 3 is 2.75 bits per heavy atom. The van der Waals surface area contributed by atoms with Crippen molar-refractivity contribution in [1.82, 2.24) is 10.6 Å². The highest BCUT2D eigenvalue weighted by molar-refractivity contribution is 5.79. The summed E-state index contributed by atoms with van der Waals surface area (Å²) < 4.78 is 0. The van der Waals surface area contributed by atoms with Crippen LogP contribution in [-0.2, 0) is 4.79 Å². The zero-order valence-corrected chi connectivity index (χ0v) is 10.5. The van der Waals surface area contributed by atoms with Crippen molar-refractivity contribution in [3.63, 3.8) is 0 Å². The Hall–Kier alpha value is -0.570. The third-order valence-corrected chi connectivity index (χ3v) is 4.37. The average molecular weight is 224 g/mol. The van der Waals surface area contributed by atoms with Crippen LogP contribution in [0.5, 0.6) is 0 Å². The van der Waals surface area contributed by atoms with Gasteiger partial charge in [0.1, 0.15) is 0 Å². The second-order valence-electron chi connectivity index (χ2n) is 5.55. The maximum Gasteiger partial charge on any atom is 0.223 e. The molecule has 1 saturated carbocycles. The Morgan fingerprint density at radius 2 is 2.25 bits per heavy atom. The minimum Gasteiger partial charge on any atom is -0.350 e. The molecule has 0 aromatic carbocycles. The lowest BCUT2D eigenvalue weighted by molar-refractivity contribution is -0.129. The van der Waals surface area contributed by atoms with Crippen molar-refractivity contribution in [1.29, 1.82) is 0 Å². The lowest BCUT2D eigenvalue weighted by Crippen LogP contribution is -2.55. The summed E-state index contributed by atoms with van der Waals surface area (Å²) in [5.41, 5.74) is 0.158. The van der Waals surface area contributed by atoms with E-state index in [-0.39, 0.29) is 11.5 Å². The van der Waals surface area contributed by atoms with Gasteiger partial charge in [-0.2, -0.15) is 0 Å². The number of carbonyl (C=O) groups excluding carboxylic acids is 1. The molecule has 2 unspecified atom stereocenters. The molecule has 1 amide bonds. The molecule has 0 spiro atoms. The number of carbonyl (C=O) groups is 1. The molecule has 2 atom stereocenters. The van der Waals surface area contributed by atoms with Crippen molar-refractivity contribution < 1.29 is 4.79 Å². The van der Waals surface area contributed by atoms with Crippen molar-refractivity contribution in [2.75, 3.05) is 6.54 Å². The molecule has 1 heterocycles. The maximum absolute atomic E-state index is 12.2. The van der Waals surface area contributed by atoms with Crippen LogP contribution >= 0.6 is 0 Å². The molecular formula is C13H24N2O. The molecule has 2 fully saturated rings. The standard InChI is InChI=1S/C13H24N2O/c1-3-13(6-4-7-13)15-12(16)11-5-8-14-10(2)9-11/h10-11,14H,3-9H2,1-2H3,(H,15,16). The number of hydrogen-bond acceptors (Lipinski definition) is 2. The summed E-state index contributed by atoms with van der Waals surface area (Å²) in [5.74, 6) is 0.537. The summed E-state index contributed by atoms with van der Waals surface area (Å²) in [6, 6.07) is 0.489.